The number of hydrogen-bond donors (Lipinski definition) is 2. The molecule has 78 valence electrons. The first-order valence-corrected chi connectivity index (χ1v) is 4.83. The van der Waals surface area contributed by atoms with E-state index in [1.807, 2.05) is 12.1 Å². The van der Waals surface area contributed by atoms with Crippen LogP contribution in [-0.4, -0.2) is 19.9 Å². The van der Waals surface area contributed by atoms with E-state index < -0.39 is 0 Å². The summed E-state index contributed by atoms with van der Waals surface area (Å²) in [6, 6.07) is 7.20. The number of fused-ring (bicyclic) bond motifs is 1. The van der Waals surface area contributed by atoms with Crippen molar-refractivity contribution in [3.8, 4) is 11.6 Å². The predicted molar refractivity (Wildman–Crippen MR) is 59.9 cm³/mol. The van der Waals surface area contributed by atoms with E-state index in [1.54, 1.807) is 24.5 Å². The molecule has 16 heavy (non-hydrogen) atoms. The molecule has 0 fully saturated rings. The number of rotatable bonds is 1. The zero-order valence-corrected chi connectivity index (χ0v) is 8.27. The molecule has 0 radical (unpaired) electrons. The highest BCUT2D eigenvalue weighted by atomic mass is 16.1. The van der Waals surface area contributed by atoms with Crippen molar-refractivity contribution in [3.63, 3.8) is 0 Å². The number of benzene rings is 1. The summed E-state index contributed by atoms with van der Waals surface area (Å²) in [6.07, 6.45) is 3.30. The van der Waals surface area contributed by atoms with Crippen LogP contribution in [0.5, 0.6) is 0 Å². The Morgan fingerprint density at radius 1 is 1.12 bits per heavy atom. The summed E-state index contributed by atoms with van der Waals surface area (Å²) in [6.45, 7) is 0. The van der Waals surface area contributed by atoms with Crippen LogP contribution in [0.4, 0.5) is 0 Å². The van der Waals surface area contributed by atoms with Crippen LogP contribution in [0.3, 0.4) is 0 Å². The quantitative estimate of drug-likeness (QED) is 0.638. The topological polar surface area (TPSA) is 74.4 Å². The van der Waals surface area contributed by atoms with Gasteiger partial charge in [-0.1, -0.05) is 12.1 Å². The summed E-state index contributed by atoms with van der Waals surface area (Å²) in [5.41, 5.74) is 0.509. The van der Waals surface area contributed by atoms with Crippen molar-refractivity contribution < 1.29 is 0 Å². The highest BCUT2D eigenvalue weighted by Crippen LogP contribution is 2.11. The first-order chi connectivity index (χ1) is 7.84. The molecular weight excluding hydrogens is 204 g/mol. The van der Waals surface area contributed by atoms with Crippen LogP contribution in [0.1, 0.15) is 0 Å². The predicted octanol–water partition coefficient (Wildman–Crippen LogP) is 1.31. The van der Waals surface area contributed by atoms with Crippen LogP contribution in [0.15, 0.2) is 41.5 Å². The fraction of sp³-hybridized carbons (Fsp3) is 0. The molecule has 0 spiro atoms. The van der Waals surface area contributed by atoms with Gasteiger partial charge < -0.3 is 9.97 Å². The van der Waals surface area contributed by atoms with Crippen LogP contribution in [0.25, 0.3) is 22.6 Å². The molecule has 0 saturated heterocycles. The molecule has 0 bridgehead atoms. The third-order valence-corrected chi connectivity index (χ3v) is 2.34. The number of nitrogens with one attached hydrogen (secondary N) is 2. The highest BCUT2D eigenvalue weighted by molar-refractivity contribution is 5.78. The average Bonchev–Trinajstić information content (AvgIpc) is 2.82. The van der Waals surface area contributed by atoms with E-state index in [9.17, 15) is 4.79 Å². The lowest BCUT2D eigenvalue weighted by molar-refractivity contribution is 1.12. The second kappa shape index (κ2) is 3.30. The SMILES string of the molecule is O=c1[nH]c(-c2ncc[nH]2)nc2ccccc12. The minimum Gasteiger partial charge on any atom is -0.342 e. The zero-order valence-electron chi connectivity index (χ0n) is 8.27. The number of nitrogens with zero attached hydrogens (tertiary/aromatic N) is 2. The van der Waals surface area contributed by atoms with Gasteiger partial charge >= 0.3 is 0 Å². The van der Waals surface area contributed by atoms with Crippen LogP contribution in [0, 0.1) is 0 Å². The van der Waals surface area contributed by atoms with Crippen LogP contribution in [0.2, 0.25) is 0 Å². The third-order valence-electron chi connectivity index (χ3n) is 2.34. The molecule has 0 amide bonds. The van der Waals surface area contributed by atoms with Gasteiger partial charge in [-0.2, -0.15) is 0 Å². The molecule has 5 heteroatoms. The molecule has 5 nitrogen and oxygen atoms in total. The molecule has 1 aromatic carbocycles. The molecule has 0 aliphatic carbocycles. The van der Waals surface area contributed by atoms with Gasteiger partial charge in [-0.3, -0.25) is 4.79 Å². The Morgan fingerprint density at radius 3 is 2.81 bits per heavy atom. The Hall–Kier alpha value is -2.43. The molecule has 0 atom stereocenters. The Bertz CT molecular complexity index is 685. The van der Waals surface area contributed by atoms with E-state index in [1.165, 1.54) is 0 Å². The zero-order chi connectivity index (χ0) is 11.0. The summed E-state index contributed by atoms with van der Waals surface area (Å²) < 4.78 is 0. The van der Waals surface area contributed by atoms with Crippen LogP contribution < -0.4 is 5.56 Å². The van der Waals surface area contributed by atoms with Gasteiger partial charge in [0.05, 0.1) is 10.9 Å². The molecule has 2 heterocycles. The monoisotopic (exact) mass is 212 g/mol. The van der Waals surface area contributed by atoms with E-state index in [4.69, 9.17) is 0 Å². The second-order valence-electron chi connectivity index (χ2n) is 3.37. The fourth-order valence-corrected chi connectivity index (χ4v) is 1.59. The first kappa shape index (κ1) is 8.84. The Balaban J connectivity index is 2.34. The molecular formula is C11H8N4O. The van der Waals surface area contributed by atoms with Crippen molar-refractivity contribution in [2.45, 2.75) is 0 Å². The van der Waals surface area contributed by atoms with Crippen molar-refractivity contribution in [2.75, 3.05) is 0 Å². The van der Waals surface area contributed by atoms with Gasteiger partial charge in [0.25, 0.3) is 5.56 Å². The van der Waals surface area contributed by atoms with Crippen LogP contribution in [-0.2, 0) is 0 Å². The third kappa shape index (κ3) is 1.30. The van der Waals surface area contributed by atoms with Gasteiger partial charge in [0.1, 0.15) is 0 Å². The smallest absolute Gasteiger partial charge is 0.259 e. The molecule has 2 N–H and O–H groups in total. The molecule has 0 unspecified atom stereocenters. The van der Waals surface area contributed by atoms with E-state index in [-0.39, 0.29) is 5.56 Å². The maximum Gasteiger partial charge on any atom is 0.259 e. The van der Waals surface area contributed by atoms with Crippen LogP contribution >= 0.6 is 0 Å². The highest BCUT2D eigenvalue weighted by Gasteiger charge is 2.06. The number of imidazole rings is 1. The average molecular weight is 212 g/mol. The minimum atomic E-state index is -0.156. The summed E-state index contributed by atoms with van der Waals surface area (Å²) in [5, 5.41) is 0.581. The van der Waals surface area contributed by atoms with Crippen molar-refractivity contribution in [2.24, 2.45) is 0 Å². The molecule has 0 aliphatic rings. The summed E-state index contributed by atoms with van der Waals surface area (Å²) >= 11 is 0. The maximum absolute atomic E-state index is 11.8. The van der Waals surface area contributed by atoms with Gasteiger partial charge in [-0.25, -0.2) is 9.97 Å². The molecule has 0 saturated carbocycles. The lowest BCUT2D eigenvalue weighted by atomic mass is 10.2. The fourth-order valence-electron chi connectivity index (χ4n) is 1.59. The largest absolute Gasteiger partial charge is 0.342 e. The molecule has 0 aliphatic heterocycles. The van der Waals surface area contributed by atoms with E-state index in [2.05, 4.69) is 19.9 Å². The summed E-state index contributed by atoms with van der Waals surface area (Å²) in [7, 11) is 0. The van der Waals surface area contributed by atoms with E-state index in [0.717, 1.165) is 0 Å². The lowest BCUT2D eigenvalue weighted by Gasteiger charge is -1.99. The van der Waals surface area contributed by atoms with E-state index in [0.29, 0.717) is 22.6 Å². The number of aromatic amines is 2. The standard InChI is InChI=1S/C11H8N4O/c16-11-7-3-1-2-4-8(7)14-10(15-11)9-12-5-6-13-9/h1-6H,(H,12,13)(H,14,15,16). The van der Waals surface area contributed by atoms with Crippen molar-refractivity contribution in [1.82, 2.24) is 19.9 Å². The molecule has 3 rings (SSSR count). The van der Waals surface area contributed by atoms with Gasteiger partial charge in [-0.05, 0) is 12.1 Å². The summed E-state index contributed by atoms with van der Waals surface area (Å²) in [5.74, 6) is 1.01. The van der Waals surface area contributed by atoms with Gasteiger partial charge in [0.15, 0.2) is 11.6 Å². The Kier molecular flexibility index (Phi) is 1.83. The van der Waals surface area contributed by atoms with Crippen molar-refractivity contribution >= 4 is 10.9 Å². The number of H-pyrrole nitrogens is 2. The molecule has 2 aromatic heterocycles. The Labute approximate surface area is 90.2 Å². The van der Waals surface area contributed by atoms with Gasteiger partial charge in [-0.15, -0.1) is 0 Å². The van der Waals surface area contributed by atoms with Crippen molar-refractivity contribution in [3.05, 3.63) is 47.0 Å². The minimum absolute atomic E-state index is 0.156. The number of aromatic nitrogens is 4. The normalized spacial score (nSPS) is 10.8. The maximum atomic E-state index is 11.8. The molecule has 3 aromatic rings. The number of hydrogen-bond acceptors (Lipinski definition) is 3. The van der Waals surface area contributed by atoms with E-state index >= 15 is 0 Å². The van der Waals surface area contributed by atoms with Crippen molar-refractivity contribution in [1.29, 1.82) is 0 Å². The van der Waals surface area contributed by atoms with Gasteiger partial charge in [0.2, 0.25) is 0 Å². The lowest BCUT2D eigenvalue weighted by Crippen LogP contribution is -2.09. The summed E-state index contributed by atoms with van der Waals surface area (Å²) in [4.78, 5) is 25.7. The number of para-hydroxylation sites is 1. The Morgan fingerprint density at radius 2 is 2.00 bits per heavy atom. The first-order valence-electron chi connectivity index (χ1n) is 4.83. The van der Waals surface area contributed by atoms with Gasteiger partial charge in [0, 0.05) is 12.4 Å². The second-order valence-corrected chi connectivity index (χ2v) is 3.37.